The molecular formula is C22H26N8O6S. The molecule has 0 radical (unpaired) electrons. The highest BCUT2D eigenvalue weighted by Crippen LogP contribution is 2.36. The molecule has 15 heteroatoms. The van der Waals surface area contributed by atoms with Crippen LogP contribution in [0.15, 0.2) is 35.3 Å². The Hall–Kier alpha value is -4.11. The van der Waals surface area contributed by atoms with E-state index in [0.29, 0.717) is 11.5 Å². The Morgan fingerprint density at radius 2 is 1.62 bits per heavy atom. The van der Waals surface area contributed by atoms with E-state index < -0.39 is 21.4 Å². The molecule has 0 amide bonds. The number of anilines is 1. The van der Waals surface area contributed by atoms with Crippen molar-refractivity contribution in [1.29, 1.82) is 0 Å². The van der Waals surface area contributed by atoms with Gasteiger partial charge in [0, 0.05) is 19.5 Å². The molecule has 0 saturated heterocycles. The fraction of sp³-hybridized carbons (Fsp3) is 0.364. The van der Waals surface area contributed by atoms with Crippen LogP contribution in [0.5, 0.6) is 11.8 Å². The molecule has 2 unspecified atom stereocenters. The minimum Gasteiger partial charge on any atom is -0.479 e. The topological polar surface area (TPSA) is 169 Å². The maximum Gasteiger partial charge on any atom is 0.245 e. The van der Waals surface area contributed by atoms with Gasteiger partial charge in [-0.1, -0.05) is 0 Å². The lowest BCUT2D eigenvalue weighted by molar-refractivity contribution is 0.0949. The third-order valence-electron chi connectivity index (χ3n) is 5.45. The zero-order valence-electron chi connectivity index (χ0n) is 21.0. The van der Waals surface area contributed by atoms with Gasteiger partial charge in [0.05, 0.1) is 14.2 Å². The van der Waals surface area contributed by atoms with Crippen molar-refractivity contribution in [3.63, 3.8) is 0 Å². The van der Waals surface area contributed by atoms with Gasteiger partial charge in [-0.2, -0.15) is 9.97 Å². The van der Waals surface area contributed by atoms with Crippen LogP contribution < -0.4 is 14.2 Å². The van der Waals surface area contributed by atoms with Crippen LogP contribution >= 0.6 is 0 Å². The van der Waals surface area contributed by atoms with Gasteiger partial charge in [0.25, 0.3) is 0 Å². The van der Waals surface area contributed by atoms with Gasteiger partial charge in [-0.15, -0.1) is 10.2 Å². The molecule has 37 heavy (non-hydrogen) atoms. The van der Waals surface area contributed by atoms with E-state index in [0.717, 1.165) is 5.56 Å². The van der Waals surface area contributed by atoms with Crippen molar-refractivity contribution in [2.24, 2.45) is 0 Å². The number of rotatable bonds is 10. The van der Waals surface area contributed by atoms with Gasteiger partial charge in [-0.3, -0.25) is 4.72 Å². The van der Waals surface area contributed by atoms with Gasteiger partial charge in [-0.25, -0.2) is 23.0 Å². The number of aryl methyl sites for hydroxylation is 2. The van der Waals surface area contributed by atoms with Gasteiger partial charge in [-0.05, 0) is 38.5 Å². The molecule has 4 rings (SSSR count). The Morgan fingerprint density at radius 1 is 0.973 bits per heavy atom. The van der Waals surface area contributed by atoms with Crippen LogP contribution in [0.1, 0.15) is 30.2 Å². The summed E-state index contributed by atoms with van der Waals surface area (Å²) in [5, 5.41) is 7.13. The van der Waals surface area contributed by atoms with Crippen LogP contribution in [0, 0.1) is 13.8 Å². The minimum atomic E-state index is -4.15. The molecule has 0 aliphatic rings. The predicted molar refractivity (Wildman–Crippen MR) is 131 cm³/mol. The van der Waals surface area contributed by atoms with Crippen molar-refractivity contribution in [2.45, 2.75) is 32.1 Å². The van der Waals surface area contributed by atoms with Crippen molar-refractivity contribution in [3.8, 4) is 29.0 Å². The second-order valence-corrected chi connectivity index (χ2v) is 10.00. The third kappa shape index (κ3) is 5.08. The SMILES string of the molecule is COc1ncnc(OC)c1-n1c(NS(=O)(=O)C(C)C(OC)c2ncc(C)cn2)nnc1-c1ccc(C)o1. The molecule has 0 saturated carbocycles. The predicted octanol–water partition coefficient (Wildman–Crippen LogP) is 2.26. The van der Waals surface area contributed by atoms with E-state index in [2.05, 4.69) is 34.9 Å². The number of hydrogen-bond donors (Lipinski definition) is 1. The van der Waals surface area contributed by atoms with Crippen LogP contribution in [-0.4, -0.2) is 69.7 Å². The first kappa shape index (κ1) is 26.0. The first-order valence-corrected chi connectivity index (χ1v) is 12.5. The average molecular weight is 531 g/mol. The van der Waals surface area contributed by atoms with Gasteiger partial charge in [0.15, 0.2) is 17.3 Å². The second kappa shape index (κ2) is 10.5. The number of nitrogens with one attached hydrogen (secondary N) is 1. The third-order valence-corrected chi connectivity index (χ3v) is 7.14. The van der Waals surface area contributed by atoms with Crippen molar-refractivity contribution in [1.82, 2.24) is 34.7 Å². The summed E-state index contributed by atoms with van der Waals surface area (Å²) in [7, 11) is 0.0496. The second-order valence-electron chi connectivity index (χ2n) is 7.96. The first-order chi connectivity index (χ1) is 17.7. The van der Waals surface area contributed by atoms with E-state index in [4.69, 9.17) is 18.6 Å². The summed E-state index contributed by atoms with van der Waals surface area (Å²) in [6, 6.07) is 3.41. The summed E-state index contributed by atoms with van der Waals surface area (Å²) in [5.74, 6) is 1.32. The molecule has 0 aliphatic heterocycles. The van der Waals surface area contributed by atoms with E-state index in [1.54, 1.807) is 31.5 Å². The molecule has 4 aromatic heterocycles. The van der Waals surface area contributed by atoms with E-state index in [-0.39, 0.29) is 35.0 Å². The van der Waals surface area contributed by atoms with E-state index in [1.807, 2.05) is 6.92 Å². The van der Waals surface area contributed by atoms with Crippen molar-refractivity contribution >= 4 is 16.0 Å². The number of aromatic nitrogens is 7. The quantitative estimate of drug-likeness (QED) is 0.318. The largest absolute Gasteiger partial charge is 0.479 e. The summed E-state index contributed by atoms with van der Waals surface area (Å²) in [6.07, 6.45) is 3.46. The van der Waals surface area contributed by atoms with Crippen LogP contribution in [0.4, 0.5) is 5.95 Å². The lowest BCUT2D eigenvalue weighted by Gasteiger charge is -2.22. The van der Waals surface area contributed by atoms with Crippen LogP contribution in [0.2, 0.25) is 0 Å². The van der Waals surface area contributed by atoms with Gasteiger partial charge in [0.1, 0.15) is 23.4 Å². The molecule has 0 aliphatic carbocycles. The molecule has 4 aromatic rings. The average Bonchev–Trinajstić information content (AvgIpc) is 3.50. The fourth-order valence-corrected chi connectivity index (χ4v) is 4.68. The molecule has 14 nitrogen and oxygen atoms in total. The number of sulfonamides is 1. The van der Waals surface area contributed by atoms with Crippen LogP contribution in [0.3, 0.4) is 0 Å². The summed E-state index contributed by atoms with van der Waals surface area (Å²) in [4.78, 5) is 16.7. The number of nitrogens with zero attached hydrogens (tertiary/aromatic N) is 7. The van der Waals surface area contributed by atoms with Crippen molar-refractivity contribution in [3.05, 3.63) is 48.0 Å². The summed E-state index contributed by atoms with van der Waals surface area (Å²) >= 11 is 0. The standard InChI is InChI=1S/C22H26N8O6S/c1-12-9-23-18(24-10-12)17(33-4)14(3)37(31,32)29-22-28-27-19(15-8-7-13(2)36-15)30(22)16-20(34-5)25-11-26-21(16)35-6/h7-11,14,17H,1-6H3,(H,28,29). The Morgan fingerprint density at radius 3 is 2.16 bits per heavy atom. The number of furan rings is 1. The van der Waals surface area contributed by atoms with Crippen molar-refractivity contribution < 1.29 is 27.0 Å². The summed E-state index contributed by atoms with van der Waals surface area (Å²) in [5.41, 5.74) is 0.992. The fourth-order valence-electron chi connectivity index (χ4n) is 3.55. The molecule has 1 N–H and O–H groups in total. The molecular weight excluding hydrogens is 504 g/mol. The normalized spacial score (nSPS) is 13.2. The van der Waals surface area contributed by atoms with Gasteiger partial charge < -0.3 is 18.6 Å². The zero-order chi connectivity index (χ0) is 26.7. The minimum absolute atomic E-state index is 0.0903. The van der Waals surface area contributed by atoms with Gasteiger partial charge >= 0.3 is 0 Å². The molecule has 0 bridgehead atoms. The lowest BCUT2D eigenvalue weighted by Crippen LogP contribution is -2.33. The Bertz CT molecular complexity index is 1460. The molecule has 0 aromatic carbocycles. The highest BCUT2D eigenvalue weighted by Gasteiger charge is 2.35. The Balaban J connectivity index is 1.82. The van der Waals surface area contributed by atoms with E-state index >= 15 is 0 Å². The lowest BCUT2D eigenvalue weighted by atomic mass is 10.2. The maximum absolute atomic E-state index is 13.5. The van der Waals surface area contributed by atoms with Gasteiger partial charge in [0.2, 0.25) is 33.6 Å². The van der Waals surface area contributed by atoms with Crippen LogP contribution in [0.25, 0.3) is 17.3 Å². The highest BCUT2D eigenvalue weighted by molar-refractivity contribution is 7.93. The molecule has 0 fully saturated rings. The smallest absolute Gasteiger partial charge is 0.245 e. The molecule has 2 atom stereocenters. The monoisotopic (exact) mass is 530 g/mol. The zero-order valence-corrected chi connectivity index (χ0v) is 21.8. The molecule has 0 spiro atoms. The summed E-state index contributed by atoms with van der Waals surface area (Å²) < 4.78 is 52.9. The van der Waals surface area contributed by atoms with Crippen molar-refractivity contribution in [2.75, 3.05) is 26.1 Å². The Kier molecular flexibility index (Phi) is 7.35. The molecule has 4 heterocycles. The number of methoxy groups -OCH3 is 3. The van der Waals surface area contributed by atoms with E-state index in [9.17, 15) is 8.42 Å². The number of hydrogen-bond acceptors (Lipinski definition) is 12. The summed E-state index contributed by atoms with van der Waals surface area (Å²) in [6.45, 7) is 5.07. The highest BCUT2D eigenvalue weighted by atomic mass is 32.2. The Labute approximate surface area is 213 Å². The van der Waals surface area contributed by atoms with E-state index in [1.165, 1.54) is 39.1 Å². The molecule has 196 valence electrons. The van der Waals surface area contributed by atoms with Crippen LogP contribution in [-0.2, 0) is 14.8 Å². The first-order valence-electron chi connectivity index (χ1n) is 11.0. The maximum atomic E-state index is 13.5. The number of ether oxygens (including phenoxy) is 3.